The minimum absolute atomic E-state index is 0.00833. The lowest BCUT2D eigenvalue weighted by molar-refractivity contribution is -0.385. The van der Waals surface area contributed by atoms with Crippen LogP contribution in [0.25, 0.3) is 0 Å². The normalized spacial score (nSPS) is 13.1. The van der Waals surface area contributed by atoms with Crippen molar-refractivity contribution in [3.63, 3.8) is 0 Å². The van der Waals surface area contributed by atoms with E-state index in [9.17, 15) is 10.1 Å². The molecule has 0 N–H and O–H groups in total. The van der Waals surface area contributed by atoms with Crippen LogP contribution in [0.2, 0.25) is 5.02 Å². The fraction of sp³-hybridized carbons (Fsp3) is 0.294. The first-order valence-corrected chi connectivity index (χ1v) is 7.74. The predicted octanol–water partition coefficient (Wildman–Crippen LogP) is 4.31. The number of nitro benzene ring substituents is 1. The topological polar surface area (TPSA) is 70.8 Å². The highest BCUT2D eigenvalue weighted by Gasteiger charge is 2.21. The van der Waals surface area contributed by atoms with Gasteiger partial charge in [0.05, 0.1) is 11.5 Å². The fourth-order valence-corrected chi connectivity index (χ4v) is 3.10. The van der Waals surface area contributed by atoms with Gasteiger partial charge in [0.2, 0.25) is 0 Å². The van der Waals surface area contributed by atoms with E-state index >= 15 is 0 Å². The van der Waals surface area contributed by atoms with Gasteiger partial charge in [-0.2, -0.15) is 0 Å². The molecule has 24 heavy (non-hydrogen) atoms. The average molecular weight is 350 g/mol. The van der Waals surface area contributed by atoms with E-state index in [2.05, 4.69) is 0 Å². The van der Waals surface area contributed by atoms with Gasteiger partial charge in [-0.15, -0.1) is 0 Å². The third-order valence-electron chi connectivity index (χ3n) is 3.78. The molecule has 0 radical (unpaired) electrons. The smallest absolute Gasteiger partial charge is 0.270 e. The third kappa shape index (κ3) is 3.29. The SMILES string of the molecule is Cc1cc(Cl)cc(C)c1OCc1cc([N+](=O)[O-])cc2c1OCOC2. The second-order valence-corrected chi connectivity index (χ2v) is 6.05. The summed E-state index contributed by atoms with van der Waals surface area (Å²) < 4.78 is 16.6. The molecular weight excluding hydrogens is 334 g/mol. The Kier molecular flexibility index (Phi) is 4.59. The van der Waals surface area contributed by atoms with Crippen LogP contribution in [-0.4, -0.2) is 11.7 Å². The first-order chi connectivity index (χ1) is 11.5. The van der Waals surface area contributed by atoms with Crippen LogP contribution in [0.3, 0.4) is 0 Å². The number of fused-ring (bicyclic) bond motifs is 1. The summed E-state index contributed by atoms with van der Waals surface area (Å²) in [5, 5.41) is 11.8. The Morgan fingerprint density at radius 2 is 1.96 bits per heavy atom. The Labute approximate surface area is 144 Å². The van der Waals surface area contributed by atoms with Crippen molar-refractivity contribution in [3.05, 3.63) is 61.7 Å². The molecule has 2 aromatic rings. The molecule has 0 bridgehead atoms. The quantitative estimate of drug-likeness (QED) is 0.607. The maximum atomic E-state index is 11.1. The second kappa shape index (κ2) is 6.67. The number of rotatable bonds is 4. The number of ether oxygens (including phenoxy) is 3. The summed E-state index contributed by atoms with van der Waals surface area (Å²) in [6.07, 6.45) is 0. The van der Waals surface area contributed by atoms with E-state index in [1.165, 1.54) is 12.1 Å². The molecule has 0 saturated carbocycles. The zero-order chi connectivity index (χ0) is 17.3. The van der Waals surface area contributed by atoms with E-state index in [1.54, 1.807) is 0 Å². The van der Waals surface area contributed by atoms with Crippen LogP contribution in [-0.2, 0) is 18.0 Å². The van der Waals surface area contributed by atoms with Crippen LogP contribution < -0.4 is 9.47 Å². The lowest BCUT2D eigenvalue weighted by atomic mass is 10.1. The van der Waals surface area contributed by atoms with Crippen LogP contribution in [0, 0.1) is 24.0 Å². The number of hydrogen-bond donors (Lipinski definition) is 0. The van der Waals surface area contributed by atoms with E-state index in [-0.39, 0.29) is 25.7 Å². The Bertz CT molecular complexity index is 783. The van der Waals surface area contributed by atoms with Gasteiger partial charge in [-0.3, -0.25) is 10.1 Å². The van der Waals surface area contributed by atoms with Gasteiger partial charge in [0.25, 0.3) is 5.69 Å². The number of hydrogen-bond acceptors (Lipinski definition) is 5. The van der Waals surface area contributed by atoms with E-state index < -0.39 is 4.92 Å². The molecule has 0 amide bonds. The molecule has 0 atom stereocenters. The number of benzene rings is 2. The second-order valence-electron chi connectivity index (χ2n) is 5.62. The van der Waals surface area contributed by atoms with E-state index in [4.69, 9.17) is 25.8 Å². The molecule has 7 heteroatoms. The van der Waals surface area contributed by atoms with Gasteiger partial charge in [-0.1, -0.05) is 11.6 Å². The standard InChI is InChI=1S/C17H16ClNO5/c1-10-3-14(18)4-11(2)16(10)23-8-13-6-15(19(20)21)5-12-7-22-9-24-17(12)13/h3-6H,7-9H2,1-2H3. The van der Waals surface area contributed by atoms with Gasteiger partial charge in [0.15, 0.2) is 6.79 Å². The van der Waals surface area contributed by atoms with Crippen LogP contribution >= 0.6 is 11.6 Å². The number of non-ortho nitro benzene ring substituents is 1. The largest absolute Gasteiger partial charge is 0.488 e. The molecule has 126 valence electrons. The highest BCUT2D eigenvalue weighted by Crippen LogP contribution is 2.34. The van der Waals surface area contributed by atoms with Crippen molar-refractivity contribution in [2.45, 2.75) is 27.1 Å². The van der Waals surface area contributed by atoms with Gasteiger partial charge >= 0.3 is 0 Å². The minimum atomic E-state index is -0.433. The third-order valence-corrected chi connectivity index (χ3v) is 4.00. The van der Waals surface area contributed by atoms with Crippen molar-refractivity contribution < 1.29 is 19.1 Å². The van der Waals surface area contributed by atoms with Crippen molar-refractivity contribution in [2.75, 3.05) is 6.79 Å². The molecule has 0 fully saturated rings. The number of nitro groups is 1. The highest BCUT2D eigenvalue weighted by atomic mass is 35.5. The molecule has 1 aliphatic rings. The van der Waals surface area contributed by atoms with Gasteiger partial charge in [0, 0.05) is 28.3 Å². The predicted molar refractivity (Wildman–Crippen MR) is 88.6 cm³/mol. The van der Waals surface area contributed by atoms with E-state index in [0.717, 1.165) is 11.1 Å². The minimum Gasteiger partial charge on any atom is -0.488 e. The van der Waals surface area contributed by atoms with E-state index in [1.807, 2.05) is 26.0 Å². The molecule has 3 rings (SSSR count). The monoisotopic (exact) mass is 349 g/mol. The summed E-state index contributed by atoms with van der Waals surface area (Å²) in [5.74, 6) is 1.31. The lowest BCUT2D eigenvalue weighted by Gasteiger charge is -2.21. The molecule has 0 unspecified atom stereocenters. The molecule has 0 saturated heterocycles. The average Bonchev–Trinajstić information content (AvgIpc) is 2.53. The maximum absolute atomic E-state index is 11.1. The molecule has 1 heterocycles. The summed E-state index contributed by atoms with van der Waals surface area (Å²) in [5.41, 5.74) is 3.08. The fourth-order valence-electron chi connectivity index (χ4n) is 2.77. The Balaban J connectivity index is 1.92. The van der Waals surface area contributed by atoms with Gasteiger partial charge in [0.1, 0.15) is 18.1 Å². The Hall–Kier alpha value is -2.31. The molecule has 1 aliphatic heterocycles. The van der Waals surface area contributed by atoms with Crippen LogP contribution in [0.4, 0.5) is 5.69 Å². The van der Waals surface area contributed by atoms with Crippen molar-refractivity contribution in [2.24, 2.45) is 0 Å². The van der Waals surface area contributed by atoms with Gasteiger partial charge < -0.3 is 14.2 Å². The number of halogens is 1. The summed E-state index contributed by atoms with van der Waals surface area (Å²) in [7, 11) is 0. The molecule has 0 spiro atoms. The van der Waals surface area contributed by atoms with Crippen molar-refractivity contribution >= 4 is 17.3 Å². The first kappa shape index (κ1) is 16.5. The molecule has 0 aromatic heterocycles. The van der Waals surface area contributed by atoms with Crippen molar-refractivity contribution in [1.29, 1.82) is 0 Å². The highest BCUT2D eigenvalue weighted by molar-refractivity contribution is 6.30. The zero-order valence-corrected chi connectivity index (χ0v) is 14.1. The van der Waals surface area contributed by atoms with Gasteiger partial charge in [-0.05, 0) is 37.1 Å². The van der Waals surface area contributed by atoms with Crippen LogP contribution in [0.1, 0.15) is 22.3 Å². The van der Waals surface area contributed by atoms with E-state index in [0.29, 0.717) is 27.6 Å². The van der Waals surface area contributed by atoms with Crippen LogP contribution in [0.5, 0.6) is 11.5 Å². The van der Waals surface area contributed by atoms with Crippen molar-refractivity contribution in [3.8, 4) is 11.5 Å². The molecule has 0 aliphatic carbocycles. The number of nitrogens with zero attached hydrogens (tertiary/aromatic N) is 1. The number of aryl methyl sites for hydroxylation is 2. The molecule has 2 aromatic carbocycles. The summed E-state index contributed by atoms with van der Waals surface area (Å²) in [6, 6.07) is 6.58. The Morgan fingerprint density at radius 3 is 2.62 bits per heavy atom. The maximum Gasteiger partial charge on any atom is 0.270 e. The Morgan fingerprint density at radius 1 is 1.25 bits per heavy atom. The van der Waals surface area contributed by atoms with Crippen molar-refractivity contribution in [1.82, 2.24) is 0 Å². The van der Waals surface area contributed by atoms with Gasteiger partial charge in [-0.25, -0.2) is 0 Å². The summed E-state index contributed by atoms with van der Waals surface area (Å²) >= 11 is 6.03. The zero-order valence-electron chi connectivity index (χ0n) is 13.3. The molecular formula is C17H16ClNO5. The summed E-state index contributed by atoms with van der Waals surface area (Å²) in [4.78, 5) is 10.7. The summed E-state index contributed by atoms with van der Waals surface area (Å²) in [6.45, 7) is 4.37. The lowest BCUT2D eigenvalue weighted by Crippen LogP contribution is -2.14. The molecule has 6 nitrogen and oxygen atoms in total. The van der Waals surface area contributed by atoms with Crippen LogP contribution in [0.15, 0.2) is 24.3 Å². The first-order valence-electron chi connectivity index (χ1n) is 7.36.